The number of rotatable bonds is 10. The maximum Gasteiger partial charge on any atom is 0.251 e. The third-order valence-corrected chi connectivity index (χ3v) is 4.53. The van der Waals surface area contributed by atoms with Gasteiger partial charge in [-0.25, -0.2) is 4.99 Å². The number of likely N-dealkylation sites (N-methyl/N-ethyl adjacent to an activating group) is 1. The molecule has 8 nitrogen and oxygen atoms in total. The van der Waals surface area contributed by atoms with Crippen LogP contribution in [0.1, 0.15) is 22.3 Å². The van der Waals surface area contributed by atoms with Crippen LogP contribution in [0.4, 0.5) is 0 Å². The molecule has 1 aromatic rings. The zero-order chi connectivity index (χ0) is 20.2. The number of amides is 1. The smallest absolute Gasteiger partial charge is 0.251 e. The third kappa shape index (κ3) is 8.69. The number of nitrogens with zero attached hydrogens (tertiary/aromatic N) is 3. The fourth-order valence-electron chi connectivity index (χ4n) is 2.88. The molecular formula is C20H34N6O2. The van der Waals surface area contributed by atoms with Crippen LogP contribution in [-0.4, -0.2) is 88.2 Å². The molecule has 1 aliphatic heterocycles. The van der Waals surface area contributed by atoms with Crippen LogP contribution in [0.3, 0.4) is 0 Å². The fourth-order valence-corrected chi connectivity index (χ4v) is 2.88. The van der Waals surface area contributed by atoms with Gasteiger partial charge in [-0.1, -0.05) is 12.1 Å². The van der Waals surface area contributed by atoms with Gasteiger partial charge in [-0.15, -0.1) is 0 Å². The molecule has 0 radical (unpaired) electrons. The number of carbonyl (C=O) groups excluding carboxylic acids is 1. The van der Waals surface area contributed by atoms with Crippen molar-refractivity contribution in [2.45, 2.75) is 13.0 Å². The first kappa shape index (κ1) is 22.1. The molecule has 0 unspecified atom stereocenters. The van der Waals surface area contributed by atoms with Crippen molar-refractivity contribution in [3.05, 3.63) is 35.4 Å². The molecule has 0 spiro atoms. The molecule has 0 aromatic heterocycles. The maximum absolute atomic E-state index is 12.2. The average Bonchev–Trinajstić information content (AvgIpc) is 2.70. The summed E-state index contributed by atoms with van der Waals surface area (Å²) in [6, 6.07) is 7.50. The Balaban J connectivity index is 1.70. The Hall–Kier alpha value is -2.16. The zero-order valence-corrected chi connectivity index (χ0v) is 17.1. The highest BCUT2D eigenvalue weighted by Gasteiger charge is 2.09. The molecule has 28 heavy (non-hydrogen) atoms. The van der Waals surface area contributed by atoms with Crippen LogP contribution >= 0.6 is 0 Å². The highest BCUT2D eigenvalue weighted by molar-refractivity contribution is 5.94. The monoisotopic (exact) mass is 390 g/mol. The van der Waals surface area contributed by atoms with Crippen molar-refractivity contribution in [2.75, 3.05) is 66.6 Å². The number of benzene rings is 1. The first-order valence-electron chi connectivity index (χ1n) is 9.90. The van der Waals surface area contributed by atoms with Crippen molar-refractivity contribution in [2.24, 2.45) is 10.7 Å². The van der Waals surface area contributed by atoms with Gasteiger partial charge in [-0.05, 0) is 44.8 Å². The normalized spacial score (nSPS) is 15.6. The van der Waals surface area contributed by atoms with Crippen molar-refractivity contribution < 1.29 is 9.53 Å². The standard InChI is InChI=1S/C20H34N6O2/c1-25(2)10-8-22-19(27)18-6-3-5-17(15-18)16-24-20(21)23-7-4-9-26-11-13-28-14-12-26/h3,5-6,15H,4,7-14,16H2,1-2H3,(H,22,27)(H3,21,23,24). The summed E-state index contributed by atoms with van der Waals surface area (Å²) in [4.78, 5) is 21.0. The quantitative estimate of drug-likeness (QED) is 0.298. The van der Waals surface area contributed by atoms with Gasteiger partial charge < -0.3 is 26.0 Å². The van der Waals surface area contributed by atoms with Crippen LogP contribution in [0.25, 0.3) is 0 Å². The number of nitrogens with two attached hydrogens (primary N) is 1. The lowest BCUT2D eigenvalue weighted by Crippen LogP contribution is -2.39. The molecule has 1 fully saturated rings. The molecule has 4 N–H and O–H groups in total. The van der Waals surface area contributed by atoms with Gasteiger partial charge in [-0.3, -0.25) is 9.69 Å². The second-order valence-electron chi connectivity index (χ2n) is 7.20. The first-order valence-corrected chi connectivity index (χ1v) is 9.90. The van der Waals surface area contributed by atoms with E-state index in [-0.39, 0.29) is 5.91 Å². The predicted octanol–water partition coefficient (Wildman–Crippen LogP) is 0.105. The zero-order valence-electron chi connectivity index (χ0n) is 17.1. The molecule has 8 heteroatoms. The number of guanidine groups is 1. The summed E-state index contributed by atoms with van der Waals surface area (Å²) >= 11 is 0. The van der Waals surface area contributed by atoms with E-state index < -0.39 is 0 Å². The topological polar surface area (TPSA) is 95.2 Å². The summed E-state index contributed by atoms with van der Waals surface area (Å²) in [6.07, 6.45) is 1.01. The van der Waals surface area contributed by atoms with Crippen molar-refractivity contribution in [1.82, 2.24) is 20.4 Å². The summed E-state index contributed by atoms with van der Waals surface area (Å²) < 4.78 is 5.35. The van der Waals surface area contributed by atoms with E-state index in [1.54, 1.807) is 0 Å². The number of ether oxygens (including phenoxy) is 1. The van der Waals surface area contributed by atoms with Crippen LogP contribution in [0, 0.1) is 0 Å². The van der Waals surface area contributed by atoms with Gasteiger partial charge in [-0.2, -0.15) is 0 Å². The molecule has 0 atom stereocenters. The van der Waals surface area contributed by atoms with E-state index in [1.807, 2.05) is 43.3 Å². The number of hydrogen-bond donors (Lipinski definition) is 3. The maximum atomic E-state index is 12.2. The van der Waals surface area contributed by atoms with Gasteiger partial charge in [0.25, 0.3) is 5.91 Å². The minimum absolute atomic E-state index is 0.0677. The molecule has 1 aliphatic rings. The number of aliphatic imine (C=N–C) groups is 1. The number of carbonyl (C=O) groups is 1. The van der Waals surface area contributed by atoms with Gasteiger partial charge in [0.05, 0.1) is 19.8 Å². The van der Waals surface area contributed by atoms with Gasteiger partial charge in [0.1, 0.15) is 0 Å². The van der Waals surface area contributed by atoms with E-state index in [2.05, 4.69) is 20.5 Å². The van der Waals surface area contributed by atoms with E-state index in [1.165, 1.54) is 0 Å². The minimum atomic E-state index is -0.0677. The lowest BCUT2D eigenvalue weighted by atomic mass is 10.1. The lowest BCUT2D eigenvalue weighted by molar-refractivity contribution is 0.0376. The van der Waals surface area contributed by atoms with E-state index in [4.69, 9.17) is 10.5 Å². The number of morpholine rings is 1. The van der Waals surface area contributed by atoms with E-state index in [0.29, 0.717) is 24.6 Å². The SMILES string of the molecule is CN(C)CCNC(=O)c1cccc(CN=C(N)NCCCN2CCOCC2)c1. The van der Waals surface area contributed by atoms with Crippen LogP contribution in [0.2, 0.25) is 0 Å². The first-order chi connectivity index (χ1) is 13.5. The van der Waals surface area contributed by atoms with Gasteiger partial charge in [0.15, 0.2) is 5.96 Å². The number of hydrogen-bond acceptors (Lipinski definition) is 5. The third-order valence-electron chi connectivity index (χ3n) is 4.53. The van der Waals surface area contributed by atoms with Crippen molar-refractivity contribution in [1.29, 1.82) is 0 Å². The minimum Gasteiger partial charge on any atom is -0.379 e. The Morgan fingerprint density at radius 3 is 2.79 bits per heavy atom. The summed E-state index contributed by atoms with van der Waals surface area (Å²) in [5, 5.41) is 6.07. The molecule has 1 amide bonds. The van der Waals surface area contributed by atoms with Gasteiger partial charge >= 0.3 is 0 Å². The molecule has 0 saturated carbocycles. The second-order valence-corrected chi connectivity index (χ2v) is 7.20. The fraction of sp³-hybridized carbons (Fsp3) is 0.600. The summed E-state index contributed by atoms with van der Waals surface area (Å²) in [5.74, 6) is 0.365. The molecule has 0 aliphatic carbocycles. The Morgan fingerprint density at radius 1 is 1.25 bits per heavy atom. The highest BCUT2D eigenvalue weighted by atomic mass is 16.5. The Morgan fingerprint density at radius 2 is 2.04 bits per heavy atom. The van der Waals surface area contributed by atoms with Crippen LogP contribution in [0.15, 0.2) is 29.3 Å². The van der Waals surface area contributed by atoms with Crippen LogP contribution in [-0.2, 0) is 11.3 Å². The molecule has 1 aromatic carbocycles. The Labute approximate surface area is 168 Å². The van der Waals surface area contributed by atoms with E-state index in [9.17, 15) is 4.79 Å². The predicted molar refractivity (Wildman–Crippen MR) is 113 cm³/mol. The average molecular weight is 391 g/mol. The largest absolute Gasteiger partial charge is 0.379 e. The summed E-state index contributed by atoms with van der Waals surface area (Å²) in [5.41, 5.74) is 7.55. The van der Waals surface area contributed by atoms with Gasteiger partial charge in [0.2, 0.25) is 0 Å². The van der Waals surface area contributed by atoms with Crippen LogP contribution < -0.4 is 16.4 Å². The van der Waals surface area contributed by atoms with Crippen molar-refractivity contribution in [3.63, 3.8) is 0 Å². The summed E-state index contributed by atoms with van der Waals surface area (Å²) in [6.45, 7) is 7.36. The lowest BCUT2D eigenvalue weighted by Gasteiger charge is -2.26. The van der Waals surface area contributed by atoms with Crippen molar-refractivity contribution >= 4 is 11.9 Å². The number of nitrogens with one attached hydrogen (secondary N) is 2. The Kier molecular flexibility index (Phi) is 9.74. The second kappa shape index (κ2) is 12.3. The molecule has 2 rings (SSSR count). The molecule has 0 bridgehead atoms. The van der Waals surface area contributed by atoms with E-state index in [0.717, 1.165) is 57.9 Å². The summed E-state index contributed by atoms with van der Waals surface area (Å²) in [7, 11) is 3.96. The molecule has 1 saturated heterocycles. The van der Waals surface area contributed by atoms with Crippen LogP contribution in [0.5, 0.6) is 0 Å². The van der Waals surface area contributed by atoms with E-state index >= 15 is 0 Å². The Bertz CT molecular complexity index is 629. The van der Waals surface area contributed by atoms with Crippen molar-refractivity contribution in [3.8, 4) is 0 Å². The molecule has 1 heterocycles. The highest BCUT2D eigenvalue weighted by Crippen LogP contribution is 2.06. The molecule has 156 valence electrons. The van der Waals surface area contributed by atoms with Gasteiger partial charge in [0, 0.05) is 38.3 Å². The molecular weight excluding hydrogens is 356 g/mol.